The Bertz CT molecular complexity index is 916. The quantitative estimate of drug-likeness (QED) is 0.287. The van der Waals surface area contributed by atoms with Gasteiger partial charge in [0.25, 0.3) is 0 Å². The summed E-state index contributed by atoms with van der Waals surface area (Å²) in [5.74, 6) is 1.91. The third kappa shape index (κ3) is 8.82. The van der Waals surface area contributed by atoms with Gasteiger partial charge in [0.05, 0.1) is 0 Å². The van der Waals surface area contributed by atoms with Crippen LogP contribution in [0.3, 0.4) is 0 Å². The van der Waals surface area contributed by atoms with E-state index in [1.165, 1.54) is 0 Å². The Kier molecular flexibility index (Phi) is 13.0. The molecule has 0 fully saturated rings. The second-order valence-electron chi connectivity index (χ2n) is 12.7. The van der Waals surface area contributed by atoms with Crippen LogP contribution in [0.2, 0.25) is 0 Å². The molecule has 6 rings (SSSR count). The molecule has 0 heterocycles. The first-order valence-corrected chi connectivity index (χ1v) is 16.4. The number of benzene rings is 2. The number of phenols is 4. The van der Waals surface area contributed by atoms with E-state index in [0.717, 1.165) is 125 Å². The molecule has 0 amide bonds. The number of hydrogen-bond donors (Lipinski definition) is 4. The van der Waals surface area contributed by atoms with Crippen LogP contribution in [0.4, 0.5) is 0 Å². The first-order chi connectivity index (χ1) is 19.3. The van der Waals surface area contributed by atoms with Gasteiger partial charge in [-0.25, -0.2) is 0 Å². The fourth-order valence-electron chi connectivity index (χ4n) is 6.83. The van der Waals surface area contributed by atoms with E-state index in [0.29, 0.717) is 0 Å². The first kappa shape index (κ1) is 32.2. The van der Waals surface area contributed by atoms with Crippen LogP contribution in [0.1, 0.15) is 176 Å². The molecule has 2 aromatic carbocycles. The van der Waals surface area contributed by atoms with Crippen LogP contribution in [0.5, 0.6) is 23.0 Å². The maximum absolute atomic E-state index is 11.1. The standard InChI is InChI=1S/C36H56O4/c1-5-7-17-27-19-13-9-11-15-26(4)30-23-33(39)36(34(40)24-30)28(18-8-6-2)20-14-10-12-16-25(3)29-21-31(37)35(27)32(38)22-29/h21-28,37-40H,5-20H2,1-4H3. The maximum Gasteiger partial charge on any atom is 0.123 e. The Morgan fingerprint density at radius 1 is 0.525 bits per heavy atom. The van der Waals surface area contributed by atoms with Gasteiger partial charge in [-0.15, -0.1) is 0 Å². The van der Waals surface area contributed by atoms with Gasteiger partial charge in [-0.2, -0.15) is 0 Å². The Labute approximate surface area is 243 Å². The molecule has 4 N–H and O–H groups in total. The van der Waals surface area contributed by atoms with E-state index in [-0.39, 0.29) is 46.7 Å². The van der Waals surface area contributed by atoms with E-state index in [1.54, 1.807) is 0 Å². The monoisotopic (exact) mass is 552 g/mol. The molecule has 4 aliphatic carbocycles. The topological polar surface area (TPSA) is 80.9 Å². The van der Waals surface area contributed by atoms with E-state index in [9.17, 15) is 20.4 Å². The molecule has 0 saturated carbocycles. The SMILES string of the molecule is CCCCC1CCCCCC(C)c2cc(O)c(c(O)c2)C(CCCC)CCCCCC(C)c2cc(O)c1c(O)c2. The molecule has 0 spiro atoms. The van der Waals surface area contributed by atoms with Crippen LogP contribution in [0.15, 0.2) is 24.3 Å². The number of hydrogen-bond acceptors (Lipinski definition) is 4. The third-order valence-corrected chi connectivity index (χ3v) is 9.46. The number of aromatic hydroxyl groups is 4. The molecular formula is C36H56O4. The Morgan fingerprint density at radius 3 is 1.18 bits per heavy atom. The van der Waals surface area contributed by atoms with Gasteiger partial charge in [0.15, 0.2) is 0 Å². The van der Waals surface area contributed by atoms with E-state index in [2.05, 4.69) is 27.7 Å². The number of unbranched alkanes of at least 4 members (excludes halogenated alkanes) is 2. The summed E-state index contributed by atoms with van der Waals surface area (Å²) in [7, 11) is 0. The summed E-state index contributed by atoms with van der Waals surface area (Å²) < 4.78 is 0. The van der Waals surface area contributed by atoms with Gasteiger partial charge in [0.2, 0.25) is 0 Å². The lowest BCUT2D eigenvalue weighted by molar-refractivity contribution is 0.403. The largest absolute Gasteiger partial charge is 0.508 e. The Morgan fingerprint density at radius 2 is 0.850 bits per heavy atom. The van der Waals surface area contributed by atoms with Crippen LogP contribution in [-0.4, -0.2) is 20.4 Å². The molecule has 4 atom stereocenters. The lowest BCUT2D eigenvalue weighted by atomic mass is 9.83. The zero-order chi connectivity index (χ0) is 29.1. The molecule has 0 radical (unpaired) electrons. The average Bonchev–Trinajstić information content (AvgIpc) is 2.91. The Balaban J connectivity index is 1.84. The van der Waals surface area contributed by atoms with Gasteiger partial charge in [-0.05, 0) is 97.6 Å². The second-order valence-corrected chi connectivity index (χ2v) is 12.7. The minimum atomic E-state index is 0.168. The molecule has 4 nitrogen and oxygen atoms in total. The summed E-state index contributed by atoms with van der Waals surface area (Å²) in [6, 6.07) is 7.62. The van der Waals surface area contributed by atoms with E-state index in [4.69, 9.17) is 0 Å². The lowest BCUT2D eigenvalue weighted by Gasteiger charge is -2.23. The highest BCUT2D eigenvalue weighted by Gasteiger charge is 2.23. The van der Waals surface area contributed by atoms with Crippen molar-refractivity contribution in [2.45, 2.75) is 154 Å². The highest BCUT2D eigenvalue weighted by molar-refractivity contribution is 5.50. The highest BCUT2D eigenvalue weighted by Crippen LogP contribution is 2.44. The average molecular weight is 553 g/mol. The number of phenolic OH excluding ortho intramolecular Hbond substituents is 4. The summed E-state index contributed by atoms with van der Waals surface area (Å²) in [6.07, 6.45) is 16.6. The van der Waals surface area contributed by atoms with Gasteiger partial charge in [-0.1, -0.05) is 91.9 Å². The van der Waals surface area contributed by atoms with E-state index >= 15 is 0 Å². The maximum atomic E-state index is 11.1. The molecule has 4 heteroatoms. The molecule has 224 valence electrons. The van der Waals surface area contributed by atoms with Gasteiger partial charge < -0.3 is 20.4 Å². The van der Waals surface area contributed by atoms with Gasteiger partial charge in [-0.3, -0.25) is 0 Å². The number of rotatable bonds is 6. The molecule has 0 aromatic heterocycles. The van der Waals surface area contributed by atoms with Crippen molar-refractivity contribution >= 4 is 0 Å². The van der Waals surface area contributed by atoms with Crippen molar-refractivity contribution in [3.63, 3.8) is 0 Å². The minimum Gasteiger partial charge on any atom is -0.508 e. The highest BCUT2D eigenvalue weighted by atomic mass is 16.3. The van der Waals surface area contributed by atoms with Crippen molar-refractivity contribution in [1.82, 2.24) is 0 Å². The van der Waals surface area contributed by atoms with Crippen LogP contribution >= 0.6 is 0 Å². The van der Waals surface area contributed by atoms with Crippen LogP contribution in [-0.2, 0) is 0 Å². The van der Waals surface area contributed by atoms with Crippen LogP contribution in [0.25, 0.3) is 0 Å². The predicted octanol–water partition coefficient (Wildman–Crippen LogP) is 10.9. The molecule has 4 unspecified atom stereocenters. The van der Waals surface area contributed by atoms with Gasteiger partial charge in [0, 0.05) is 11.1 Å². The van der Waals surface area contributed by atoms with Crippen molar-refractivity contribution in [3.8, 4) is 23.0 Å². The zero-order valence-electron chi connectivity index (χ0n) is 25.7. The molecule has 0 saturated heterocycles. The molecule has 0 aliphatic heterocycles. The summed E-state index contributed by atoms with van der Waals surface area (Å²) in [4.78, 5) is 0. The van der Waals surface area contributed by atoms with Crippen LogP contribution < -0.4 is 0 Å². The molecular weight excluding hydrogens is 496 g/mol. The smallest absolute Gasteiger partial charge is 0.123 e. The van der Waals surface area contributed by atoms with Gasteiger partial charge in [0.1, 0.15) is 23.0 Å². The first-order valence-electron chi connectivity index (χ1n) is 16.4. The minimum absolute atomic E-state index is 0.168. The Hall–Kier alpha value is -2.36. The molecule has 4 bridgehead atoms. The van der Waals surface area contributed by atoms with E-state index in [1.807, 2.05) is 24.3 Å². The second kappa shape index (κ2) is 16.2. The van der Waals surface area contributed by atoms with Crippen molar-refractivity contribution < 1.29 is 20.4 Å². The molecule has 4 aliphatic rings. The van der Waals surface area contributed by atoms with E-state index < -0.39 is 0 Å². The summed E-state index contributed by atoms with van der Waals surface area (Å²) in [5.41, 5.74) is 3.51. The van der Waals surface area contributed by atoms with Crippen molar-refractivity contribution in [3.05, 3.63) is 46.5 Å². The summed E-state index contributed by atoms with van der Waals surface area (Å²) in [5, 5.41) is 44.2. The summed E-state index contributed by atoms with van der Waals surface area (Å²) >= 11 is 0. The molecule has 40 heavy (non-hydrogen) atoms. The van der Waals surface area contributed by atoms with Crippen molar-refractivity contribution in [1.29, 1.82) is 0 Å². The zero-order valence-corrected chi connectivity index (χ0v) is 25.7. The molecule has 2 aromatic rings. The van der Waals surface area contributed by atoms with Crippen molar-refractivity contribution in [2.24, 2.45) is 0 Å². The van der Waals surface area contributed by atoms with Crippen molar-refractivity contribution in [2.75, 3.05) is 0 Å². The van der Waals surface area contributed by atoms with Crippen LogP contribution in [0, 0.1) is 0 Å². The normalized spacial score (nSPS) is 23.5. The van der Waals surface area contributed by atoms with Gasteiger partial charge >= 0.3 is 0 Å². The fraction of sp³-hybridized carbons (Fsp3) is 0.667. The predicted molar refractivity (Wildman–Crippen MR) is 167 cm³/mol. The summed E-state index contributed by atoms with van der Waals surface area (Å²) in [6.45, 7) is 8.75. The third-order valence-electron chi connectivity index (χ3n) is 9.46. The fourth-order valence-corrected chi connectivity index (χ4v) is 6.83. The lowest BCUT2D eigenvalue weighted by Crippen LogP contribution is -2.04.